The summed E-state index contributed by atoms with van der Waals surface area (Å²) in [7, 11) is 0. The molecule has 1 heterocycles. The molecule has 1 aromatic carbocycles. The van der Waals surface area contributed by atoms with Crippen molar-refractivity contribution >= 4 is 38.9 Å². The minimum Gasteiger partial charge on any atom is -0.394 e. The number of halogens is 1. The molecular formula is C14H16ClNO2S. The molecule has 0 radical (unpaired) electrons. The van der Waals surface area contributed by atoms with Gasteiger partial charge in [0.15, 0.2) is 0 Å². The molecule has 0 saturated heterocycles. The molecule has 0 aliphatic heterocycles. The number of amides is 1. The van der Waals surface area contributed by atoms with Crippen molar-refractivity contribution in [2.24, 2.45) is 0 Å². The number of benzene rings is 1. The Hall–Kier alpha value is -1.10. The maximum absolute atomic E-state index is 12.3. The van der Waals surface area contributed by atoms with Gasteiger partial charge < -0.3 is 10.4 Å². The highest BCUT2D eigenvalue weighted by Crippen LogP contribution is 2.35. The molecule has 0 bridgehead atoms. The number of carbonyl (C=O) groups excluding carboxylic acids is 1. The molecule has 2 rings (SSSR count). The summed E-state index contributed by atoms with van der Waals surface area (Å²) in [6, 6.07) is 7.65. The summed E-state index contributed by atoms with van der Waals surface area (Å²) in [6.45, 7) is 3.63. The summed E-state index contributed by atoms with van der Waals surface area (Å²) < 4.78 is 0.986. The lowest BCUT2D eigenvalue weighted by molar-refractivity contribution is 0.0852. The molecule has 19 heavy (non-hydrogen) atoms. The standard InChI is InChI=1S/C14H16ClNO2S/c1-3-14(2,8-17)16-13(18)12-11(15)9-6-4-5-7-10(9)19-12/h4-7,17H,3,8H2,1-2H3,(H,16,18). The molecule has 2 N–H and O–H groups in total. The van der Waals surface area contributed by atoms with Crippen molar-refractivity contribution in [2.75, 3.05) is 6.61 Å². The molecule has 0 fully saturated rings. The van der Waals surface area contributed by atoms with E-state index in [1.807, 2.05) is 38.1 Å². The fourth-order valence-corrected chi connectivity index (χ4v) is 3.14. The van der Waals surface area contributed by atoms with Gasteiger partial charge in [-0.25, -0.2) is 0 Å². The molecule has 1 aromatic heterocycles. The topological polar surface area (TPSA) is 49.3 Å². The van der Waals surface area contributed by atoms with Gasteiger partial charge >= 0.3 is 0 Å². The number of aliphatic hydroxyl groups is 1. The second-order valence-electron chi connectivity index (χ2n) is 4.77. The van der Waals surface area contributed by atoms with Crippen LogP contribution in [-0.2, 0) is 0 Å². The summed E-state index contributed by atoms with van der Waals surface area (Å²) in [6.07, 6.45) is 0.651. The largest absolute Gasteiger partial charge is 0.394 e. The average Bonchev–Trinajstić information content (AvgIpc) is 2.76. The third-order valence-corrected chi connectivity index (χ3v) is 4.96. The average molecular weight is 298 g/mol. The van der Waals surface area contributed by atoms with Crippen molar-refractivity contribution in [1.29, 1.82) is 0 Å². The van der Waals surface area contributed by atoms with E-state index in [-0.39, 0.29) is 12.5 Å². The molecule has 2 aromatic rings. The van der Waals surface area contributed by atoms with E-state index in [0.717, 1.165) is 10.1 Å². The Morgan fingerprint density at radius 1 is 1.47 bits per heavy atom. The van der Waals surface area contributed by atoms with E-state index in [1.54, 1.807) is 0 Å². The first-order valence-corrected chi connectivity index (χ1v) is 7.30. The van der Waals surface area contributed by atoms with Crippen LogP contribution >= 0.6 is 22.9 Å². The Morgan fingerprint density at radius 3 is 2.74 bits per heavy atom. The lowest BCUT2D eigenvalue weighted by atomic mass is 10.0. The van der Waals surface area contributed by atoms with Gasteiger partial charge in [-0.15, -0.1) is 11.3 Å². The van der Waals surface area contributed by atoms with Crippen LogP contribution < -0.4 is 5.32 Å². The number of nitrogens with one attached hydrogen (secondary N) is 1. The third kappa shape index (κ3) is 2.76. The van der Waals surface area contributed by atoms with Gasteiger partial charge in [-0.1, -0.05) is 36.7 Å². The molecule has 3 nitrogen and oxygen atoms in total. The van der Waals surface area contributed by atoms with Gasteiger partial charge in [0, 0.05) is 10.1 Å². The molecule has 1 atom stereocenters. The maximum atomic E-state index is 12.3. The molecule has 0 aliphatic rings. The number of rotatable bonds is 4. The normalized spacial score (nSPS) is 14.3. The summed E-state index contributed by atoms with van der Waals surface area (Å²) in [5.41, 5.74) is -0.614. The fraction of sp³-hybridized carbons (Fsp3) is 0.357. The highest BCUT2D eigenvalue weighted by molar-refractivity contribution is 7.21. The van der Waals surface area contributed by atoms with Gasteiger partial charge in [0.05, 0.1) is 17.2 Å². The summed E-state index contributed by atoms with van der Waals surface area (Å²) >= 11 is 7.62. The number of hydrogen-bond acceptors (Lipinski definition) is 3. The molecule has 0 aliphatic carbocycles. The lowest BCUT2D eigenvalue weighted by Crippen LogP contribution is -2.48. The third-order valence-electron chi connectivity index (χ3n) is 3.29. The summed E-state index contributed by atoms with van der Waals surface area (Å²) in [5, 5.41) is 13.6. The summed E-state index contributed by atoms with van der Waals surface area (Å²) in [4.78, 5) is 12.8. The smallest absolute Gasteiger partial charge is 0.263 e. The van der Waals surface area contributed by atoms with Crippen LogP contribution in [0.25, 0.3) is 10.1 Å². The van der Waals surface area contributed by atoms with Crippen molar-refractivity contribution in [1.82, 2.24) is 5.32 Å². The van der Waals surface area contributed by atoms with Crippen LogP contribution in [0.1, 0.15) is 29.9 Å². The van der Waals surface area contributed by atoms with Crippen LogP contribution in [0.4, 0.5) is 0 Å². The van der Waals surface area contributed by atoms with Crippen LogP contribution in [0.2, 0.25) is 5.02 Å². The number of thiophene rings is 1. The SMILES string of the molecule is CCC(C)(CO)NC(=O)c1sc2ccccc2c1Cl. The molecule has 1 unspecified atom stereocenters. The quantitative estimate of drug-likeness (QED) is 0.908. The van der Waals surface area contributed by atoms with E-state index >= 15 is 0 Å². The summed E-state index contributed by atoms with van der Waals surface area (Å²) in [5.74, 6) is -0.232. The molecule has 1 amide bonds. The van der Waals surface area contributed by atoms with Crippen molar-refractivity contribution < 1.29 is 9.90 Å². The minimum atomic E-state index is -0.614. The number of hydrogen-bond donors (Lipinski definition) is 2. The Balaban J connectivity index is 2.34. The van der Waals surface area contributed by atoms with Gasteiger partial charge in [0.25, 0.3) is 5.91 Å². The van der Waals surface area contributed by atoms with E-state index in [4.69, 9.17) is 11.6 Å². The van der Waals surface area contributed by atoms with E-state index in [9.17, 15) is 9.90 Å². The van der Waals surface area contributed by atoms with Gasteiger partial charge in [-0.05, 0) is 19.4 Å². The Kier molecular flexibility index (Phi) is 4.13. The first-order valence-electron chi connectivity index (χ1n) is 6.11. The molecule has 102 valence electrons. The van der Waals surface area contributed by atoms with Crippen LogP contribution in [0.5, 0.6) is 0 Å². The monoisotopic (exact) mass is 297 g/mol. The fourth-order valence-electron chi connectivity index (χ4n) is 1.73. The number of aliphatic hydroxyl groups excluding tert-OH is 1. The van der Waals surface area contributed by atoms with E-state index in [2.05, 4.69) is 5.32 Å². The van der Waals surface area contributed by atoms with Gasteiger partial charge in [-0.2, -0.15) is 0 Å². The molecule has 0 spiro atoms. The molecular weight excluding hydrogens is 282 g/mol. The van der Waals surface area contributed by atoms with Gasteiger partial charge in [-0.3, -0.25) is 4.79 Å². The van der Waals surface area contributed by atoms with E-state index in [0.29, 0.717) is 16.3 Å². The van der Waals surface area contributed by atoms with Gasteiger partial charge in [0.2, 0.25) is 0 Å². The van der Waals surface area contributed by atoms with Crippen molar-refractivity contribution in [3.63, 3.8) is 0 Å². The predicted octanol–water partition coefficient (Wildman–Crippen LogP) is 3.45. The zero-order valence-corrected chi connectivity index (χ0v) is 12.4. The second-order valence-corrected chi connectivity index (χ2v) is 6.20. The zero-order valence-electron chi connectivity index (χ0n) is 10.9. The highest BCUT2D eigenvalue weighted by atomic mass is 35.5. The highest BCUT2D eigenvalue weighted by Gasteiger charge is 2.26. The van der Waals surface area contributed by atoms with Crippen LogP contribution in [0.3, 0.4) is 0 Å². The Morgan fingerprint density at radius 2 is 2.16 bits per heavy atom. The molecule has 0 saturated carbocycles. The zero-order chi connectivity index (χ0) is 14.0. The van der Waals surface area contributed by atoms with Crippen LogP contribution in [0.15, 0.2) is 24.3 Å². The maximum Gasteiger partial charge on any atom is 0.263 e. The van der Waals surface area contributed by atoms with Gasteiger partial charge in [0.1, 0.15) is 4.88 Å². The van der Waals surface area contributed by atoms with Crippen molar-refractivity contribution in [2.45, 2.75) is 25.8 Å². The van der Waals surface area contributed by atoms with Crippen LogP contribution in [-0.4, -0.2) is 23.2 Å². The Bertz CT molecular complexity index is 605. The lowest BCUT2D eigenvalue weighted by Gasteiger charge is -2.26. The minimum absolute atomic E-state index is 0.0995. The van der Waals surface area contributed by atoms with E-state index in [1.165, 1.54) is 11.3 Å². The Labute approximate surface area is 121 Å². The first-order chi connectivity index (χ1) is 9.00. The predicted molar refractivity (Wildman–Crippen MR) is 80.1 cm³/mol. The number of fused-ring (bicyclic) bond motifs is 1. The second kappa shape index (κ2) is 5.49. The van der Waals surface area contributed by atoms with Crippen molar-refractivity contribution in [3.8, 4) is 0 Å². The molecule has 5 heteroatoms. The first kappa shape index (κ1) is 14.3. The number of carbonyl (C=O) groups is 1. The van der Waals surface area contributed by atoms with Crippen LogP contribution in [0, 0.1) is 0 Å². The van der Waals surface area contributed by atoms with E-state index < -0.39 is 5.54 Å². The van der Waals surface area contributed by atoms with Crippen molar-refractivity contribution in [3.05, 3.63) is 34.2 Å².